The van der Waals surface area contributed by atoms with E-state index in [9.17, 15) is 5.11 Å². The van der Waals surface area contributed by atoms with Crippen LogP contribution >= 0.6 is 0 Å². The van der Waals surface area contributed by atoms with E-state index in [1.165, 1.54) is 38.5 Å². The Kier molecular flexibility index (Phi) is 4.24. The van der Waals surface area contributed by atoms with Gasteiger partial charge < -0.3 is 25.5 Å². The van der Waals surface area contributed by atoms with Gasteiger partial charge in [-0.2, -0.15) is 0 Å². The molecule has 33 heavy (non-hydrogen) atoms. The van der Waals surface area contributed by atoms with E-state index in [-0.39, 0.29) is 11.9 Å². The van der Waals surface area contributed by atoms with Crippen LogP contribution in [0.4, 0.5) is 17.1 Å². The number of fused-ring (bicyclic) bond motifs is 2. The van der Waals surface area contributed by atoms with Gasteiger partial charge in [-0.3, -0.25) is 0 Å². The summed E-state index contributed by atoms with van der Waals surface area (Å²) in [5, 5.41) is 17.6. The molecule has 4 bridgehead atoms. The minimum Gasteiger partial charge on any atom is -0.494 e. The lowest BCUT2D eigenvalue weighted by Crippen LogP contribution is -2.48. The molecule has 170 valence electrons. The molecule has 1 atom stereocenters. The van der Waals surface area contributed by atoms with Gasteiger partial charge in [-0.1, -0.05) is 24.3 Å². The first-order chi connectivity index (χ1) is 16.1. The lowest BCUT2D eigenvalue weighted by molar-refractivity contribution is -0.0745. The maximum absolute atomic E-state index is 10.6. The summed E-state index contributed by atoms with van der Waals surface area (Å²) in [4.78, 5) is 2.96. The van der Waals surface area contributed by atoms with Crippen molar-refractivity contribution in [2.75, 3.05) is 17.2 Å². The molecule has 0 amide bonds. The predicted octanol–water partition coefficient (Wildman–Crippen LogP) is 6.57. The largest absolute Gasteiger partial charge is 0.494 e. The quantitative estimate of drug-likeness (QED) is 0.369. The Morgan fingerprint density at radius 1 is 0.848 bits per heavy atom. The Hall–Kier alpha value is -3.08. The molecule has 4 fully saturated rings. The van der Waals surface area contributed by atoms with Gasteiger partial charge in [0.25, 0.3) is 0 Å². The molecular formula is C28H31N3O2. The topological polar surface area (TPSA) is 69.3 Å². The van der Waals surface area contributed by atoms with Gasteiger partial charge in [0.05, 0.1) is 35.3 Å². The molecule has 1 aliphatic heterocycles. The van der Waals surface area contributed by atoms with Crippen LogP contribution in [-0.4, -0.2) is 16.7 Å². The molecule has 0 saturated heterocycles. The third-order valence-electron chi connectivity index (χ3n) is 8.61. The lowest BCUT2D eigenvalue weighted by Gasteiger charge is -2.56. The molecule has 4 saturated carbocycles. The van der Waals surface area contributed by atoms with Crippen LogP contribution in [0.3, 0.4) is 0 Å². The monoisotopic (exact) mass is 441 g/mol. The van der Waals surface area contributed by atoms with E-state index < -0.39 is 0 Å². The first kappa shape index (κ1) is 19.4. The van der Waals surface area contributed by atoms with Crippen LogP contribution in [0.1, 0.15) is 55.7 Å². The summed E-state index contributed by atoms with van der Waals surface area (Å²) < 4.78 is 6.40. The number of rotatable bonds is 4. The van der Waals surface area contributed by atoms with E-state index in [4.69, 9.17) is 4.74 Å². The van der Waals surface area contributed by atoms with Crippen LogP contribution < -0.4 is 15.4 Å². The number of para-hydroxylation sites is 2. The van der Waals surface area contributed by atoms with Gasteiger partial charge in [-0.25, -0.2) is 0 Å². The highest BCUT2D eigenvalue weighted by molar-refractivity contribution is 5.80. The highest BCUT2D eigenvalue weighted by Crippen LogP contribution is 2.60. The fourth-order valence-electron chi connectivity index (χ4n) is 7.62. The van der Waals surface area contributed by atoms with Crippen molar-refractivity contribution in [3.8, 4) is 11.6 Å². The number of aromatic amines is 1. The molecule has 4 N–H and O–H groups in total. The summed E-state index contributed by atoms with van der Waals surface area (Å²) in [7, 11) is 0. The second-order valence-electron chi connectivity index (χ2n) is 11.0. The smallest absolute Gasteiger partial charge is 0.196 e. The van der Waals surface area contributed by atoms with Crippen molar-refractivity contribution in [1.82, 2.24) is 4.98 Å². The summed E-state index contributed by atoms with van der Waals surface area (Å²) in [6.45, 7) is 0.859. The highest BCUT2D eigenvalue weighted by Gasteiger charge is 2.51. The zero-order valence-corrected chi connectivity index (χ0v) is 18.8. The number of ether oxygens (including phenoxy) is 1. The zero-order chi connectivity index (χ0) is 22.0. The standard InChI is InChI=1S/C28H31N3O2/c32-27-25-24(15-29-27)30-22-3-1-2-4-23(22)31-26(25)20-5-7-21(8-6-20)33-16-28-12-17-9-18(13-28)11-19(10-17)14-28/h1-8,15,17-19,26,29-32H,9-14,16H2. The molecule has 1 unspecified atom stereocenters. The number of H-pyrrole nitrogens is 1. The van der Waals surface area contributed by atoms with Gasteiger partial charge in [-0.15, -0.1) is 0 Å². The molecule has 3 aromatic rings. The first-order valence-electron chi connectivity index (χ1n) is 12.4. The summed E-state index contributed by atoms with van der Waals surface area (Å²) in [6, 6.07) is 16.4. The zero-order valence-electron chi connectivity index (χ0n) is 18.8. The normalized spacial score (nSPS) is 31.2. The van der Waals surface area contributed by atoms with Crippen molar-refractivity contribution in [1.29, 1.82) is 0 Å². The molecule has 1 aromatic heterocycles. The lowest BCUT2D eigenvalue weighted by atomic mass is 9.50. The average Bonchev–Trinajstić information content (AvgIpc) is 3.07. The van der Waals surface area contributed by atoms with Crippen molar-refractivity contribution in [3.63, 3.8) is 0 Å². The van der Waals surface area contributed by atoms with Crippen molar-refractivity contribution < 1.29 is 9.84 Å². The Labute approximate surface area is 194 Å². The number of aromatic nitrogens is 1. The number of benzene rings is 2. The van der Waals surface area contributed by atoms with Crippen molar-refractivity contribution in [2.24, 2.45) is 23.2 Å². The minimum absolute atomic E-state index is 0.167. The van der Waals surface area contributed by atoms with E-state index in [1.807, 2.05) is 24.4 Å². The van der Waals surface area contributed by atoms with Crippen LogP contribution in [0, 0.1) is 23.2 Å². The molecule has 8 rings (SSSR count). The van der Waals surface area contributed by atoms with Crippen molar-refractivity contribution in [2.45, 2.75) is 44.6 Å². The molecule has 4 aliphatic carbocycles. The molecule has 5 heteroatoms. The van der Waals surface area contributed by atoms with Crippen molar-refractivity contribution in [3.05, 3.63) is 65.9 Å². The van der Waals surface area contributed by atoms with Crippen LogP contribution in [-0.2, 0) is 0 Å². The number of nitrogens with one attached hydrogen (secondary N) is 3. The molecule has 5 aliphatic rings. The van der Waals surface area contributed by atoms with E-state index in [1.54, 1.807) is 0 Å². The van der Waals surface area contributed by atoms with E-state index >= 15 is 0 Å². The second kappa shape index (κ2) is 7.21. The van der Waals surface area contributed by atoms with E-state index in [2.05, 4.69) is 45.9 Å². The molecule has 5 nitrogen and oxygen atoms in total. The fourth-order valence-corrected chi connectivity index (χ4v) is 7.62. The number of hydrogen-bond donors (Lipinski definition) is 4. The van der Waals surface area contributed by atoms with E-state index in [0.717, 1.165) is 58.3 Å². The summed E-state index contributed by atoms with van der Waals surface area (Å²) in [6.07, 6.45) is 10.3. The maximum atomic E-state index is 10.6. The van der Waals surface area contributed by atoms with Gasteiger partial charge in [0.1, 0.15) is 5.75 Å². The fraction of sp³-hybridized carbons (Fsp3) is 0.429. The molecule has 2 heterocycles. The highest BCUT2D eigenvalue weighted by atomic mass is 16.5. The Morgan fingerprint density at radius 3 is 2.21 bits per heavy atom. The number of anilines is 3. The van der Waals surface area contributed by atoms with Crippen LogP contribution in [0.5, 0.6) is 11.6 Å². The maximum Gasteiger partial charge on any atom is 0.196 e. The predicted molar refractivity (Wildman–Crippen MR) is 130 cm³/mol. The van der Waals surface area contributed by atoms with E-state index in [0.29, 0.717) is 5.41 Å². The summed E-state index contributed by atoms with van der Waals surface area (Å²) in [5.74, 6) is 3.97. The molecule has 0 spiro atoms. The average molecular weight is 442 g/mol. The third-order valence-corrected chi connectivity index (χ3v) is 8.61. The van der Waals surface area contributed by atoms with Gasteiger partial charge >= 0.3 is 0 Å². The van der Waals surface area contributed by atoms with Crippen LogP contribution in [0.15, 0.2) is 54.7 Å². The minimum atomic E-state index is -0.167. The SMILES string of the molecule is Oc1[nH]cc2c1C(c1ccc(OCC34CC5CC(CC(C5)C3)C4)cc1)Nc1ccccc1N2. The van der Waals surface area contributed by atoms with Gasteiger partial charge in [-0.05, 0) is 86.1 Å². The first-order valence-corrected chi connectivity index (χ1v) is 12.4. The van der Waals surface area contributed by atoms with Gasteiger partial charge in [0.15, 0.2) is 5.88 Å². The second-order valence-corrected chi connectivity index (χ2v) is 11.0. The molecule has 2 aromatic carbocycles. The van der Waals surface area contributed by atoms with Crippen molar-refractivity contribution >= 4 is 17.1 Å². The summed E-state index contributed by atoms with van der Waals surface area (Å²) in [5.41, 5.74) is 5.23. The number of aromatic hydroxyl groups is 1. The Balaban J connectivity index is 1.12. The third kappa shape index (κ3) is 3.28. The van der Waals surface area contributed by atoms with Crippen LogP contribution in [0.25, 0.3) is 0 Å². The molecule has 0 radical (unpaired) electrons. The van der Waals surface area contributed by atoms with Crippen LogP contribution in [0.2, 0.25) is 0 Å². The van der Waals surface area contributed by atoms with Gasteiger partial charge in [0.2, 0.25) is 0 Å². The molecular weight excluding hydrogens is 410 g/mol. The number of hydrogen-bond acceptors (Lipinski definition) is 4. The summed E-state index contributed by atoms with van der Waals surface area (Å²) >= 11 is 0. The Bertz CT molecular complexity index is 1150. The van der Waals surface area contributed by atoms with Gasteiger partial charge in [0, 0.05) is 11.6 Å². The Morgan fingerprint density at radius 2 is 1.52 bits per heavy atom.